The van der Waals surface area contributed by atoms with Crippen molar-refractivity contribution in [3.8, 4) is 0 Å². The minimum absolute atomic E-state index is 0.0201. The monoisotopic (exact) mass is 452 g/mol. The lowest BCUT2D eigenvalue weighted by Crippen LogP contribution is -2.58. The first-order valence-corrected chi connectivity index (χ1v) is 13.7. The molecular formula is C30H44O3. The van der Waals surface area contributed by atoms with Gasteiger partial charge in [-0.05, 0) is 104 Å². The van der Waals surface area contributed by atoms with Gasteiger partial charge in [0, 0.05) is 12.0 Å². The Morgan fingerprint density at radius 1 is 1.00 bits per heavy atom. The average molecular weight is 453 g/mol. The molecule has 1 aromatic rings. The van der Waals surface area contributed by atoms with Crippen molar-refractivity contribution >= 4 is 5.78 Å². The van der Waals surface area contributed by atoms with Crippen LogP contribution in [-0.2, 0) is 0 Å². The molecular weight excluding hydrogens is 408 g/mol. The molecule has 0 aromatic heterocycles. The Kier molecular flexibility index (Phi) is 6.27. The van der Waals surface area contributed by atoms with E-state index < -0.39 is 0 Å². The molecule has 0 saturated heterocycles. The van der Waals surface area contributed by atoms with Crippen LogP contribution in [-0.4, -0.2) is 28.2 Å². The number of aliphatic hydroxyl groups excluding tert-OH is 2. The van der Waals surface area contributed by atoms with Gasteiger partial charge in [-0.25, -0.2) is 0 Å². The van der Waals surface area contributed by atoms with E-state index in [1.54, 1.807) is 0 Å². The number of ketones is 1. The van der Waals surface area contributed by atoms with E-state index in [0.717, 1.165) is 43.6 Å². The minimum Gasteiger partial charge on any atom is -0.393 e. The summed E-state index contributed by atoms with van der Waals surface area (Å²) in [5.74, 6) is 3.75. The predicted octanol–water partition coefficient (Wildman–Crippen LogP) is 6.28. The molecule has 0 aliphatic heterocycles. The van der Waals surface area contributed by atoms with Crippen LogP contribution in [0.4, 0.5) is 0 Å². The van der Waals surface area contributed by atoms with Crippen LogP contribution >= 0.6 is 0 Å². The van der Waals surface area contributed by atoms with Crippen LogP contribution in [0.1, 0.15) is 95.3 Å². The largest absolute Gasteiger partial charge is 0.393 e. The van der Waals surface area contributed by atoms with E-state index in [9.17, 15) is 15.0 Å². The molecule has 4 fully saturated rings. The first kappa shape index (κ1) is 23.5. The van der Waals surface area contributed by atoms with E-state index >= 15 is 0 Å². The van der Waals surface area contributed by atoms with Crippen molar-refractivity contribution in [1.82, 2.24) is 0 Å². The van der Waals surface area contributed by atoms with E-state index in [1.807, 2.05) is 30.3 Å². The summed E-state index contributed by atoms with van der Waals surface area (Å²) in [7, 11) is 0. The molecule has 1 aromatic carbocycles. The molecule has 3 heteroatoms. The number of rotatable bonds is 5. The van der Waals surface area contributed by atoms with Gasteiger partial charge in [0.2, 0.25) is 0 Å². The number of Topliss-reactive ketones (excluding diaryl/α,β-unsaturated/α-hetero) is 1. The van der Waals surface area contributed by atoms with Crippen LogP contribution in [0.5, 0.6) is 0 Å². The standard InChI is InChI=1S/C30H44O3/c1-19(9-14-27(32)20-7-5-4-6-8-20)24-12-13-25-23-11-10-21-17-22(31)15-16-29(21,2)26(23)18-28(33)30(24,25)3/h4-8,19,21-26,28,31,33H,9-18H2,1-3H3. The van der Waals surface area contributed by atoms with Crippen molar-refractivity contribution < 1.29 is 15.0 Å². The first-order valence-electron chi connectivity index (χ1n) is 13.7. The van der Waals surface area contributed by atoms with Gasteiger partial charge in [0.15, 0.2) is 5.78 Å². The van der Waals surface area contributed by atoms with Gasteiger partial charge in [0.1, 0.15) is 0 Å². The van der Waals surface area contributed by atoms with E-state index in [-0.39, 0.29) is 28.8 Å². The molecule has 33 heavy (non-hydrogen) atoms. The number of benzene rings is 1. The number of aliphatic hydroxyl groups is 2. The Morgan fingerprint density at radius 2 is 1.76 bits per heavy atom. The second kappa shape index (κ2) is 8.79. The Labute approximate surface area is 200 Å². The molecule has 4 saturated carbocycles. The smallest absolute Gasteiger partial charge is 0.162 e. The van der Waals surface area contributed by atoms with Crippen molar-refractivity contribution in [2.75, 3.05) is 0 Å². The highest BCUT2D eigenvalue weighted by atomic mass is 16.3. The molecule has 3 nitrogen and oxygen atoms in total. The average Bonchev–Trinajstić information content (AvgIpc) is 3.18. The van der Waals surface area contributed by atoms with E-state index in [1.165, 1.54) is 25.7 Å². The second-order valence-corrected chi connectivity index (χ2v) is 12.7. The second-order valence-electron chi connectivity index (χ2n) is 12.7. The summed E-state index contributed by atoms with van der Waals surface area (Å²) in [6.07, 6.45) is 10.1. The van der Waals surface area contributed by atoms with Crippen molar-refractivity contribution in [3.63, 3.8) is 0 Å². The van der Waals surface area contributed by atoms with Gasteiger partial charge in [-0.3, -0.25) is 4.79 Å². The fourth-order valence-electron chi connectivity index (χ4n) is 9.49. The number of carbonyl (C=O) groups excluding carboxylic acids is 1. The third-order valence-corrected chi connectivity index (χ3v) is 11.4. The van der Waals surface area contributed by atoms with Crippen LogP contribution in [0.25, 0.3) is 0 Å². The zero-order valence-electron chi connectivity index (χ0n) is 20.9. The maximum Gasteiger partial charge on any atom is 0.162 e. The third-order valence-electron chi connectivity index (χ3n) is 11.4. The van der Waals surface area contributed by atoms with Gasteiger partial charge in [-0.15, -0.1) is 0 Å². The number of carbonyl (C=O) groups is 1. The van der Waals surface area contributed by atoms with Gasteiger partial charge in [-0.2, -0.15) is 0 Å². The van der Waals surface area contributed by atoms with Crippen LogP contribution in [0.15, 0.2) is 30.3 Å². The summed E-state index contributed by atoms with van der Waals surface area (Å²) < 4.78 is 0. The zero-order valence-corrected chi connectivity index (χ0v) is 20.9. The molecule has 182 valence electrons. The van der Waals surface area contributed by atoms with Gasteiger partial charge in [-0.1, -0.05) is 51.1 Å². The molecule has 4 aliphatic carbocycles. The van der Waals surface area contributed by atoms with Crippen molar-refractivity contribution in [2.24, 2.45) is 46.3 Å². The highest BCUT2D eigenvalue weighted by Gasteiger charge is 2.63. The van der Waals surface area contributed by atoms with Gasteiger partial charge in [0.25, 0.3) is 0 Å². The van der Waals surface area contributed by atoms with Crippen LogP contribution in [0, 0.1) is 46.3 Å². The molecule has 10 atom stereocenters. The maximum absolute atomic E-state index is 12.7. The number of hydrogen-bond donors (Lipinski definition) is 2. The number of hydrogen-bond acceptors (Lipinski definition) is 3. The van der Waals surface area contributed by atoms with Crippen molar-refractivity contribution in [1.29, 1.82) is 0 Å². The molecule has 0 radical (unpaired) electrons. The van der Waals surface area contributed by atoms with Gasteiger partial charge < -0.3 is 10.2 Å². The van der Waals surface area contributed by atoms with Gasteiger partial charge >= 0.3 is 0 Å². The normalized spacial score (nSPS) is 45.5. The SMILES string of the molecule is CC(CCC(=O)c1ccccc1)C1CCC2C3CCC4CC(O)CCC4(C)C3CC(O)C12C. The summed E-state index contributed by atoms with van der Waals surface area (Å²) in [6.45, 7) is 7.21. The lowest BCUT2D eigenvalue weighted by molar-refractivity contribution is -0.174. The fraction of sp³-hybridized carbons (Fsp3) is 0.767. The van der Waals surface area contributed by atoms with Crippen LogP contribution in [0.2, 0.25) is 0 Å². The Balaban J connectivity index is 1.30. The Bertz CT molecular complexity index is 851. The van der Waals surface area contributed by atoms with Gasteiger partial charge in [0.05, 0.1) is 12.2 Å². The predicted molar refractivity (Wildman–Crippen MR) is 132 cm³/mol. The Hall–Kier alpha value is -1.19. The lowest BCUT2D eigenvalue weighted by Gasteiger charge is -2.62. The van der Waals surface area contributed by atoms with E-state index in [2.05, 4.69) is 20.8 Å². The summed E-state index contributed by atoms with van der Waals surface area (Å²) in [5.41, 5.74) is 1.09. The third kappa shape index (κ3) is 3.82. The molecule has 0 amide bonds. The van der Waals surface area contributed by atoms with E-state index in [4.69, 9.17) is 0 Å². The molecule has 10 unspecified atom stereocenters. The topological polar surface area (TPSA) is 57.5 Å². The quantitative estimate of drug-likeness (QED) is 0.517. The fourth-order valence-corrected chi connectivity index (χ4v) is 9.49. The Morgan fingerprint density at radius 3 is 2.52 bits per heavy atom. The molecule has 0 spiro atoms. The first-order chi connectivity index (χ1) is 15.7. The molecule has 5 rings (SSSR count). The summed E-state index contributed by atoms with van der Waals surface area (Å²) in [4.78, 5) is 12.7. The molecule has 0 bridgehead atoms. The summed E-state index contributed by atoms with van der Waals surface area (Å²) in [5, 5.41) is 22.0. The van der Waals surface area contributed by atoms with Crippen molar-refractivity contribution in [2.45, 2.75) is 97.2 Å². The van der Waals surface area contributed by atoms with E-state index in [0.29, 0.717) is 36.0 Å². The minimum atomic E-state index is -0.244. The van der Waals surface area contributed by atoms with Crippen LogP contribution < -0.4 is 0 Å². The van der Waals surface area contributed by atoms with Crippen LogP contribution in [0.3, 0.4) is 0 Å². The molecule has 4 aliphatic rings. The number of fused-ring (bicyclic) bond motifs is 5. The molecule has 0 heterocycles. The molecule has 2 N–H and O–H groups in total. The highest BCUT2D eigenvalue weighted by molar-refractivity contribution is 5.95. The summed E-state index contributed by atoms with van der Waals surface area (Å²) >= 11 is 0. The summed E-state index contributed by atoms with van der Waals surface area (Å²) in [6, 6.07) is 9.69. The maximum atomic E-state index is 12.7. The zero-order chi connectivity index (χ0) is 23.4. The lowest BCUT2D eigenvalue weighted by atomic mass is 9.43. The highest BCUT2D eigenvalue weighted by Crippen LogP contribution is 2.68. The van der Waals surface area contributed by atoms with Crippen molar-refractivity contribution in [3.05, 3.63) is 35.9 Å².